The molecule has 0 atom stereocenters. The third-order valence-corrected chi connectivity index (χ3v) is 4.22. The largest absolute Gasteiger partial charge is 0.454 e. The molecule has 0 bridgehead atoms. The van der Waals surface area contributed by atoms with E-state index in [-0.39, 0.29) is 18.5 Å². The molecule has 3 aromatic rings. The van der Waals surface area contributed by atoms with E-state index >= 15 is 0 Å². The number of amides is 1. The number of anilines is 1. The molecule has 0 saturated heterocycles. The van der Waals surface area contributed by atoms with Crippen LogP contribution in [0, 0.1) is 19.7 Å². The van der Waals surface area contributed by atoms with E-state index in [1.54, 1.807) is 48.9 Å². The summed E-state index contributed by atoms with van der Waals surface area (Å²) in [5.74, 6) is 0.654. The summed E-state index contributed by atoms with van der Waals surface area (Å²) >= 11 is 0. The Kier molecular flexibility index (Phi) is 3.84. The Hall–Kier alpha value is -3.35. The van der Waals surface area contributed by atoms with Gasteiger partial charge >= 0.3 is 0 Å². The van der Waals surface area contributed by atoms with Crippen LogP contribution in [-0.2, 0) is 0 Å². The van der Waals surface area contributed by atoms with Crippen LogP contribution in [0.15, 0.2) is 42.5 Å². The Morgan fingerprint density at radius 1 is 1.12 bits per heavy atom. The Labute approximate surface area is 149 Å². The first-order valence-electron chi connectivity index (χ1n) is 8.06. The van der Waals surface area contributed by atoms with Crippen molar-refractivity contribution in [1.82, 2.24) is 9.78 Å². The molecule has 7 heteroatoms. The van der Waals surface area contributed by atoms with E-state index in [0.717, 1.165) is 0 Å². The van der Waals surface area contributed by atoms with E-state index in [1.807, 2.05) is 0 Å². The topological polar surface area (TPSA) is 65.4 Å². The lowest BCUT2D eigenvalue weighted by Gasteiger charge is -2.07. The molecule has 26 heavy (non-hydrogen) atoms. The highest BCUT2D eigenvalue weighted by molar-refractivity contribution is 6.06. The Morgan fingerprint density at radius 2 is 1.85 bits per heavy atom. The first-order chi connectivity index (χ1) is 12.5. The molecular weight excluding hydrogens is 337 g/mol. The Balaban J connectivity index is 1.63. The van der Waals surface area contributed by atoms with Crippen LogP contribution in [0.5, 0.6) is 11.5 Å². The van der Waals surface area contributed by atoms with E-state index in [1.165, 1.54) is 12.1 Å². The van der Waals surface area contributed by atoms with Crippen LogP contribution in [0.1, 0.15) is 21.7 Å². The number of benzene rings is 2. The van der Waals surface area contributed by atoms with Crippen molar-refractivity contribution in [3.63, 3.8) is 0 Å². The highest BCUT2D eigenvalue weighted by Crippen LogP contribution is 2.34. The zero-order valence-electron chi connectivity index (χ0n) is 14.2. The maximum Gasteiger partial charge on any atom is 0.259 e. The third-order valence-electron chi connectivity index (χ3n) is 4.22. The molecule has 0 saturated carbocycles. The zero-order valence-corrected chi connectivity index (χ0v) is 14.2. The van der Waals surface area contributed by atoms with Gasteiger partial charge in [0.2, 0.25) is 6.79 Å². The van der Waals surface area contributed by atoms with Crippen molar-refractivity contribution in [1.29, 1.82) is 0 Å². The average Bonchev–Trinajstić information content (AvgIpc) is 3.19. The van der Waals surface area contributed by atoms with E-state index in [9.17, 15) is 9.18 Å². The molecule has 0 radical (unpaired) electrons. The number of aromatic nitrogens is 2. The number of halogens is 1. The first kappa shape index (κ1) is 16.1. The molecule has 0 fully saturated rings. The second-order valence-corrected chi connectivity index (χ2v) is 5.96. The highest BCUT2D eigenvalue weighted by atomic mass is 19.1. The molecule has 0 unspecified atom stereocenters. The molecule has 6 nitrogen and oxygen atoms in total. The number of carbonyl (C=O) groups excluding carboxylic acids is 1. The summed E-state index contributed by atoms with van der Waals surface area (Å²) in [6.07, 6.45) is 0. The van der Waals surface area contributed by atoms with Crippen molar-refractivity contribution in [3.8, 4) is 17.2 Å². The molecule has 2 aromatic carbocycles. The minimum absolute atomic E-state index is 0.176. The van der Waals surface area contributed by atoms with Gasteiger partial charge in [-0.1, -0.05) is 0 Å². The fraction of sp³-hybridized carbons (Fsp3) is 0.158. The number of nitrogens with one attached hydrogen (secondary N) is 1. The fourth-order valence-electron chi connectivity index (χ4n) is 2.97. The quantitative estimate of drug-likeness (QED) is 0.781. The Bertz CT molecular complexity index is 996. The van der Waals surface area contributed by atoms with Gasteiger partial charge in [0.1, 0.15) is 5.82 Å². The van der Waals surface area contributed by atoms with Gasteiger partial charge in [0.25, 0.3) is 5.91 Å². The smallest absolute Gasteiger partial charge is 0.259 e. The lowest BCUT2D eigenvalue weighted by Crippen LogP contribution is -2.14. The van der Waals surface area contributed by atoms with Gasteiger partial charge in [-0.2, -0.15) is 5.10 Å². The number of hydrogen-bond acceptors (Lipinski definition) is 4. The molecule has 2 heterocycles. The summed E-state index contributed by atoms with van der Waals surface area (Å²) in [4.78, 5) is 12.8. The van der Waals surface area contributed by atoms with E-state index in [4.69, 9.17) is 9.47 Å². The van der Waals surface area contributed by atoms with Gasteiger partial charge in [0.15, 0.2) is 11.5 Å². The normalized spacial score (nSPS) is 12.3. The zero-order chi connectivity index (χ0) is 18.3. The summed E-state index contributed by atoms with van der Waals surface area (Å²) in [5, 5.41) is 7.27. The number of rotatable bonds is 3. The molecule has 1 amide bonds. The number of aryl methyl sites for hydroxylation is 1. The van der Waals surface area contributed by atoms with Crippen LogP contribution in [0.3, 0.4) is 0 Å². The summed E-state index contributed by atoms with van der Waals surface area (Å²) in [6.45, 7) is 3.74. The SMILES string of the molecule is Cc1nn(-c2ccc(F)cc2)c(C)c1C(=O)Nc1ccc2c(c1)OCO2. The molecule has 0 spiro atoms. The van der Waals surface area contributed by atoms with Gasteiger partial charge in [0, 0.05) is 11.8 Å². The maximum atomic E-state index is 13.1. The molecule has 1 N–H and O–H groups in total. The van der Waals surface area contributed by atoms with Gasteiger partial charge in [-0.3, -0.25) is 4.79 Å². The van der Waals surface area contributed by atoms with Crippen molar-refractivity contribution >= 4 is 11.6 Å². The van der Waals surface area contributed by atoms with Crippen LogP contribution in [0.25, 0.3) is 5.69 Å². The van der Waals surface area contributed by atoms with Crippen LogP contribution in [0.4, 0.5) is 10.1 Å². The van der Waals surface area contributed by atoms with Crippen molar-refractivity contribution in [2.75, 3.05) is 12.1 Å². The standard InChI is InChI=1S/C19H16FN3O3/c1-11-18(12(2)23(22-11)15-6-3-13(20)4-7-15)19(24)21-14-5-8-16-17(9-14)26-10-25-16/h3-9H,10H2,1-2H3,(H,21,24). The average molecular weight is 353 g/mol. The van der Waals surface area contributed by atoms with Crippen LogP contribution in [0.2, 0.25) is 0 Å². The van der Waals surface area contributed by atoms with Gasteiger partial charge in [-0.25, -0.2) is 9.07 Å². The summed E-state index contributed by atoms with van der Waals surface area (Å²) < 4.78 is 25.4. The number of nitrogens with zero attached hydrogens (tertiary/aromatic N) is 2. The number of hydrogen-bond donors (Lipinski definition) is 1. The fourth-order valence-corrected chi connectivity index (χ4v) is 2.97. The van der Waals surface area contributed by atoms with Crippen LogP contribution in [-0.4, -0.2) is 22.5 Å². The molecule has 1 aromatic heterocycles. The van der Waals surface area contributed by atoms with E-state index < -0.39 is 0 Å². The monoisotopic (exact) mass is 353 g/mol. The molecule has 1 aliphatic rings. The van der Waals surface area contributed by atoms with E-state index in [2.05, 4.69) is 10.4 Å². The van der Waals surface area contributed by atoms with E-state index in [0.29, 0.717) is 39.8 Å². The molecule has 132 valence electrons. The highest BCUT2D eigenvalue weighted by Gasteiger charge is 2.21. The third kappa shape index (κ3) is 2.77. The van der Waals surface area contributed by atoms with Crippen molar-refractivity contribution in [2.45, 2.75) is 13.8 Å². The van der Waals surface area contributed by atoms with Crippen molar-refractivity contribution < 1.29 is 18.7 Å². The molecule has 1 aliphatic heterocycles. The van der Waals surface area contributed by atoms with Crippen molar-refractivity contribution in [3.05, 3.63) is 65.2 Å². The van der Waals surface area contributed by atoms with Gasteiger partial charge in [-0.15, -0.1) is 0 Å². The van der Waals surface area contributed by atoms with Crippen molar-refractivity contribution in [2.24, 2.45) is 0 Å². The predicted molar refractivity (Wildman–Crippen MR) is 93.5 cm³/mol. The molecule has 0 aliphatic carbocycles. The second kappa shape index (κ2) is 6.18. The van der Waals surface area contributed by atoms with Crippen LogP contribution >= 0.6 is 0 Å². The van der Waals surface area contributed by atoms with Gasteiger partial charge in [0.05, 0.1) is 22.6 Å². The predicted octanol–water partition coefficient (Wildman–Crippen LogP) is 3.61. The lowest BCUT2D eigenvalue weighted by molar-refractivity contribution is 0.102. The summed E-state index contributed by atoms with van der Waals surface area (Å²) in [5.41, 5.74) is 3.03. The lowest BCUT2D eigenvalue weighted by atomic mass is 10.1. The number of ether oxygens (including phenoxy) is 2. The van der Waals surface area contributed by atoms with Gasteiger partial charge < -0.3 is 14.8 Å². The summed E-state index contributed by atoms with van der Waals surface area (Å²) in [7, 11) is 0. The number of fused-ring (bicyclic) bond motifs is 1. The number of carbonyl (C=O) groups is 1. The minimum Gasteiger partial charge on any atom is -0.454 e. The molecular formula is C19H16FN3O3. The minimum atomic E-state index is -0.323. The first-order valence-corrected chi connectivity index (χ1v) is 8.06. The maximum absolute atomic E-state index is 13.1. The van der Waals surface area contributed by atoms with Crippen LogP contribution < -0.4 is 14.8 Å². The summed E-state index contributed by atoms with van der Waals surface area (Å²) in [6, 6.07) is 11.2. The second-order valence-electron chi connectivity index (χ2n) is 5.96. The van der Waals surface area contributed by atoms with Gasteiger partial charge in [-0.05, 0) is 50.2 Å². The molecule has 4 rings (SSSR count). The Morgan fingerprint density at radius 3 is 2.62 bits per heavy atom.